The molecule has 1 amide bonds. The summed E-state index contributed by atoms with van der Waals surface area (Å²) in [7, 11) is 0. The first-order valence-corrected chi connectivity index (χ1v) is 9.23. The van der Waals surface area contributed by atoms with Gasteiger partial charge in [-0.25, -0.2) is 10.1 Å². The molecule has 0 saturated carbocycles. The maximum atomic E-state index is 12.6. The van der Waals surface area contributed by atoms with Crippen molar-refractivity contribution < 1.29 is 4.79 Å². The SMILES string of the molecule is Cc1ccc2nc(CCNC(=O)[C@@H](C)c3n[nH]c(=O)c4ccccc34)[nH]c2c1. The van der Waals surface area contributed by atoms with Crippen LogP contribution in [-0.4, -0.2) is 32.6 Å². The van der Waals surface area contributed by atoms with E-state index in [0.717, 1.165) is 16.9 Å². The summed E-state index contributed by atoms with van der Waals surface area (Å²) in [6, 6.07) is 13.2. The number of benzene rings is 2. The molecule has 0 saturated heterocycles. The van der Waals surface area contributed by atoms with Crippen molar-refractivity contribution in [2.24, 2.45) is 0 Å². The molecule has 0 fully saturated rings. The van der Waals surface area contributed by atoms with E-state index in [1.54, 1.807) is 19.1 Å². The average Bonchev–Trinajstić information content (AvgIpc) is 3.09. The standard InChI is InChI=1S/C21H21N5O2/c1-12-7-8-16-17(11-12)24-18(23-16)9-10-22-20(27)13(2)19-14-5-3-4-6-15(14)21(28)26-25-19/h3-8,11,13H,9-10H2,1-2H3,(H,22,27)(H,23,24)(H,26,28)/t13-/m0/s1. The van der Waals surface area contributed by atoms with Gasteiger partial charge < -0.3 is 10.3 Å². The zero-order valence-corrected chi connectivity index (χ0v) is 15.7. The van der Waals surface area contributed by atoms with E-state index in [-0.39, 0.29) is 11.5 Å². The predicted molar refractivity (Wildman–Crippen MR) is 108 cm³/mol. The predicted octanol–water partition coefficient (Wildman–Crippen LogP) is 2.57. The van der Waals surface area contributed by atoms with Gasteiger partial charge in [-0.3, -0.25) is 9.59 Å². The number of amides is 1. The summed E-state index contributed by atoms with van der Waals surface area (Å²) in [4.78, 5) is 32.4. The molecule has 0 bridgehead atoms. The molecule has 4 aromatic rings. The summed E-state index contributed by atoms with van der Waals surface area (Å²) in [6.07, 6.45) is 0.603. The van der Waals surface area contributed by atoms with Crippen molar-refractivity contribution in [3.8, 4) is 0 Å². The number of hydrogen-bond acceptors (Lipinski definition) is 4. The van der Waals surface area contributed by atoms with Crippen LogP contribution >= 0.6 is 0 Å². The van der Waals surface area contributed by atoms with E-state index in [1.807, 2.05) is 31.2 Å². The maximum absolute atomic E-state index is 12.6. The summed E-state index contributed by atoms with van der Waals surface area (Å²) in [5.41, 5.74) is 3.40. The zero-order valence-electron chi connectivity index (χ0n) is 15.7. The summed E-state index contributed by atoms with van der Waals surface area (Å²) in [6.45, 7) is 4.28. The number of nitrogens with zero attached hydrogens (tertiary/aromatic N) is 2. The van der Waals surface area contributed by atoms with Crippen LogP contribution in [0.25, 0.3) is 21.8 Å². The first-order chi connectivity index (χ1) is 13.5. The molecule has 0 radical (unpaired) electrons. The monoisotopic (exact) mass is 375 g/mol. The highest BCUT2D eigenvalue weighted by atomic mass is 16.2. The lowest BCUT2D eigenvalue weighted by Crippen LogP contribution is -2.31. The number of aryl methyl sites for hydroxylation is 1. The quantitative estimate of drug-likeness (QED) is 0.499. The van der Waals surface area contributed by atoms with Crippen LogP contribution in [-0.2, 0) is 11.2 Å². The highest BCUT2D eigenvalue weighted by Crippen LogP contribution is 2.21. The molecular weight excluding hydrogens is 354 g/mol. The third-order valence-electron chi connectivity index (χ3n) is 4.88. The van der Waals surface area contributed by atoms with Crippen molar-refractivity contribution in [3.05, 3.63) is 69.9 Å². The molecule has 7 nitrogen and oxygen atoms in total. The van der Waals surface area contributed by atoms with Crippen LogP contribution < -0.4 is 10.9 Å². The van der Waals surface area contributed by atoms with Crippen LogP contribution in [0.4, 0.5) is 0 Å². The number of carbonyl (C=O) groups excluding carboxylic acids is 1. The normalized spacial score (nSPS) is 12.4. The second-order valence-corrected chi connectivity index (χ2v) is 6.95. The largest absolute Gasteiger partial charge is 0.355 e. The van der Waals surface area contributed by atoms with Gasteiger partial charge in [0.15, 0.2) is 0 Å². The Morgan fingerprint density at radius 3 is 2.79 bits per heavy atom. The highest BCUT2D eigenvalue weighted by Gasteiger charge is 2.20. The van der Waals surface area contributed by atoms with Crippen LogP contribution in [0.1, 0.15) is 29.9 Å². The third-order valence-corrected chi connectivity index (χ3v) is 4.88. The molecule has 0 aliphatic heterocycles. The molecule has 7 heteroatoms. The Morgan fingerprint density at radius 1 is 1.18 bits per heavy atom. The molecule has 0 unspecified atom stereocenters. The van der Waals surface area contributed by atoms with Gasteiger partial charge in [0.1, 0.15) is 5.82 Å². The first kappa shape index (κ1) is 17.9. The third kappa shape index (κ3) is 3.38. The van der Waals surface area contributed by atoms with Gasteiger partial charge in [-0.15, -0.1) is 0 Å². The lowest BCUT2D eigenvalue weighted by molar-refractivity contribution is -0.122. The van der Waals surface area contributed by atoms with Gasteiger partial charge in [0.25, 0.3) is 5.56 Å². The smallest absolute Gasteiger partial charge is 0.272 e. The molecule has 4 rings (SSSR count). The van der Waals surface area contributed by atoms with Gasteiger partial charge >= 0.3 is 0 Å². The molecule has 0 aliphatic rings. The molecule has 2 aromatic carbocycles. The van der Waals surface area contributed by atoms with Crippen molar-refractivity contribution >= 4 is 27.7 Å². The molecular formula is C21H21N5O2. The molecule has 0 aliphatic carbocycles. The Kier molecular flexibility index (Phi) is 4.65. The van der Waals surface area contributed by atoms with Crippen molar-refractivity contribution in [1.29, 1.82) is 0 Å². The van der Waals surface area contributed by atoms with Gasteiger partial charge in [0, 0.05) is 18.4 Å². The number of hydrogen-bond donors (Lipinski definition) is 3. The summed E-state index contributed by atoms with van der Waals surface area (Å²) >= 11 is 0. The van der Waals surface area contributed by atoms with Crippen molar-refractivity contribution in [3.63, 3.8) is 0 Å². The molecule has 142 valence electrons. The van der Waals surface area contributed by atoms with E-state index in [2.05, 4.69) is 31.5 Å². The Balaban J connectivity index is 1.45. The number of fused-ring (bicyclic) bond motifs is 2. The minimum atomic E-state index is -0.486. The molecule has 2 heterocycles. The second-order valence-electron chi connectivity index (χ2n) is 6.95. The van der Waals surface area contributed by atoms with E-state index in [9.17, 15) is 9.59 Å². The first-order valence-electron chi connectivity index (χ1n) is 9.23. The summed E-state index contributed by atoms with van der Waals surface area (Å²) < 4.78 is 0. The van der Waals surface area contributed by atoms with Crippen LogP contribution in [0.15, 0.2) is 47.3 Å². The van der Waals surface area contributed by atoms with E-state index < -0.39 is 5.92 Å². The van der Waals surface area contributed by atoms with E-state index >= 15 is 0 Å². The van der Waals surface area contributed by atoms with Crippen LogP contribution in [0.2, 0.25) is 0 Å². The fourth-order valence-electron chi connectivity index (χ4n) is 3.34. The molecule has 2 aromatic heterocycles. The van der Waals surface area contributed by atoms with E-state index in [0.29, 0.717) is 29.4 Å². The topological polar surface area (TPSA) is 104 Å². The van der Waals surface area contributed by atoms with Crippen molar-refractivity contribution in [1.82, 2.24) is 25.5 Å². The molecule has 0 spiro atoms. The van der Waals surface area contributed by atoms with Crippen LogP contribution in [0, 0.1) is 6.92 Å². The average molecular weight is 375 g/mol. The second kappa shape index (κ2) is 7.26. The number of H-pyrrole nitrogens is 2. The van der Waals surface area contributed by atoms with Gasteiger partial charge in [-0.2, -0.15) is 5.10 Å². The van der Waals surface area contributed by atoms with Gasteiger partial charge in [-0.05, 0) is 37.6 Å². The maximum Gasteiger partial charge on any atom is 0.272 e. The minimum Gasteiger partial charge on any atom is -0.355 e. The van der Waals surface area contributed by atoms with Gasteiger partial charge in [0.05, 0.1) is 28.0 Å². The Labute approximate surface area is 161 Å². The number of rotatable bonds is 5. The Bertz CT molecular complexity index is 1220. The number of nitrogens with one attached hydrogen (secondary N) is 3. The van der Waals surface area contributed by atoms with Gasteiger partial charge in [0.2, 0.25) is 5.91 Å². The zero-order chi connectivity index (χ0) is 19.7. The highest BCUT2D eigenvalue weighted by molar-refractivity contribution is 5.90. The Hall–Kier alpha value is -3.48. The van der Waals surface area contributed by atoms with E-state index in [4.69, 9.17) is 0 Å². The number of carbonyl (C=O) groups is 1. The van der Waals surface area contributed by atoms with Crippen molar-refractivity contribution in [2.45, 2.75) is 26.2 Å². The van der Waals surface area contributed by atoms with Crippen LogP contribution in [0.3, 0.4) is 0 Å². The van der Waals surface area contributed by atoms with E-state index in [1.165, 1.54) is 5.56 Å². The molecule has 1 atom stereocenters. The van der Waals surface area contributed by atoms with Gasteiger partial charge in [-0.1, -0.05) is 24.3 Å². The number of imidazole rings is 1. The summed E-state index contributed by atoms with van der Waals surface area (Å²) in [5.74, 6) is 0.206. The molecule has 28 heavy (non-hydrogen) atoms. The number of aromatic nitrogens is 4. The number of aromatic amines is 2. The molecule has 3 N–H and O–H groups in total. The lowest BCUT2D eigenvalue weighted by Gasteiger charge is -2.13. The van der Waals surface area contributed by atoms with Crippen LogP contribution in [0.5, 0.6) is 0 Å². The lowest BCUT2D eigenvalue weighted by atomic mass is 10.0. The fraction of sp³-hybridized carbons (Fsp3) is 0.238. The summed E-state index contributed by atoms with van der Waals surface area (Å²) in [5, 5.41) is 10.8. The van der Waals surface area contributed by atoms with Crippen molar-refractivity contribution in [2.75, 3.05) is 6.54 Å². The Morgan fingerprint density at radius 2 is 1.96 bits per heavy atom. The fourth-order valence-corrected chi connectivity index (χ4v) is 3.34. The minimum absolute atomic E-state index is 0.142.